The number of nitrogens with zero attached hydrogens (tertiary/aromatic N) is 1. The second-order valence-corrected chi connectivity index (χ2v) is 4.46. The fourth-order valence-corrected chi connectivity index (χ4v) is 2.23. The van der Waals surface area contributed by atoms with Crippen molar-refractivity contribution < 1.29 is 9.47 Å². The molecule has 1 aliphatic heterocycles. The standard InChI is InChI=1S/C13H20N2O2.ClH/c1-16-12-4-3-10(13(7-12)17-2)8-15-6-5-11(14)9-15;/h3-4,7,11H,5-6,8-9,14H2,1-2H3;1H. The van der Waals surface area contributed by atoms with E-state index in [0.717, 1.165) is 37.6 Å². The van der Waals surface area contributed by atoms with Crippen molar-refractivity contribution in [3.8, 4) is 11.5 Å². The molecule has 18 heavy (non-hydrogen) atoms. The summed E-state index contributed by atoms with van der Waals surface area (Å²) in [6, 6.07) is 6.26. The summed E-state index contributed by atoms with van der Waals surface area (Å²) >= 11 is 0. The molecule has 1 unspecified atom stereocenters. The fraction of sp³-hybridized carbons (Fsp3) is 0.538. The van der Waals surface area contributed by atoms with E-state index in [1.54, 1.807) is 14.2 Å². The molecule has 102 valence electrons. The van der Waals surface area contributed by atoms with Crippen molar-refractivity contribution >= 4 is 12.4 Å². The van der Waals surface area contributed by atoms with Crippen LogP contribution in [0, 0.1) is 0 Å². The molecular weight excluding hydrogens is 252 g/mol. The first-order valence-corrected chi connectivity index (χ1v) is 5.91. The fourth-order valence-electron chi connectivity index (χ4n) is 2.23. The van der Waals surface area contributed by atoms with E-state index >= 15 is 0 Å². The summed E-state index contributed by atoms with van der Waals surface area (Å²) in [7, 11) is 3.35. The van der Waals surface area contributed by atoms with Crippen molar-refractivity contribution in [3.63, 3.8) is 0 Å². The zero-order valence-corrected chi connectivity index (χ0v) is 11.7. The van der Waals surface area contributed by atoms with Gasteiger partial charge in [0.1, 0.15) is 11.5 Å². The van der Waals surface area contributed by atoms with E-state index in [2.05, 4.69) is 11.0 Å². The number of ether oxygens (including phenoxy) is 2. The van der Waals surface area contributed by atoms with E-state index in [0.29, 0.717) is 6.04 Å². The van der Waals surface area contributed by atoms with Crippen LogP contribution in [0.4, 0.5) is 0 Å². The third-order valence-electron chi connectivity index (χ3n) is 3.20. The summed E-state index contributed by atoms with van der Waals surface area (Å²) in [6.07, 6.45) is 1.08. The first-order chi connectivity index (χ1) is 8.22. The Morgan fingerprint density at radius 1 is 1.33 bits per heavy atom. The predicted molar refractivity (Wildman–Crippen MR) is 74.7 cm³/mol. The maximum absolute atomic E-state index is 5.90. The third-order valence-corrected chi connectivity index (χ3v) is 3.20. The molecule has 5 heteroatoms. The summed E-state index contributed by atoms with van der Waals surface area (Å²) in [5.74, 6) is 1.70. The maximum atomic E-state index is 5.90. The summed E-state index contributed by atoms with van der Waals surface area (Å²) in [4.78, 5) is 2.36. The van der Waals surface area contributed by atoms with Crippen molar-refractivity contribution in [1.29, 1.82) is 0 Å². The Kier molecular flexibility index (Phi) is 5.72. The lowest BCUT2D eigenvalue weighted by molar-refractivity contribution is 0.316. The first-order valence-electron chi connectivity index (χ1n) is 5.91. The minimum Gasteiger partial charge on any atom is -0.497 e. The Morgan fingerprint density at radius 3 is 2.67 bits per heavy atom. The van der Waals surface area contributed by atoms with E-state index in [-0.39, 0.29) is 12.4 Å². The van der Waals surface area contributed by atoms with Gasteiger partial charge in [0.25, 0.3) is 0 Å². The molecule has 0 aliphatic carbocycles. The molecule has 2 N–H and O–H groups in total. The van der Waals surface area contributed by atoms with E-state index < -0.39 is 0 Å². The van der Waals surface area contributed by atoms with Crippen LogP contribution in [-0.4, -0.2) is 38.3 Å². The summed E-state index contributed by atoms with van der Waals surface area (Å²) in [5.41, 5.74) is 7.08. The summed E-state index contributed by atoms with van der Waals surface area (Å²) in [5, 5.41) is 0. The lowest BCUT2D eigenvalue weighted by Crippen LogP contribution is -2.26. The van der Waals surface area contributed by atoms with E-state index in [1.807, 2.05) is 12.1 Å². The lowest BCUT2D eigenvalue weighted by atomic mass is 10.2. The van der Waals surface area contributed by atoms with Crippen LogP contribution in [-0.2, 0) is 6.54 Å². The number of halogens is 1. The number of nitrogens with two attached hydrogens (primary N) is 1. The highest BCUT2D eigenvalue weighted by Crippen LogP contribution is 2.26. The molecule has 1 heterocycles. The number of benzene rings is 1. The Balaban J connectivity index is 0.00000162. The topological polar surface area (TPSA) is 47.7 Å². The van der Waals surface area contributed by atoms with Crippen LogP contribution < -0.4 is 15.2 Å². The second-order valence-electron chi connectivity index (χ2n) is 4.46. The average Bonchev–Trinajstić information content (AvgIpc) is 2.75. The number of hydrogen-bond acceptors (Lipinski definition) is 4. The van der Waals surface area contributed by atoms with Crippen LogP contribution in [0.1, 0.15) is 12.0 Å². The summed E-state index contributed by atoms with van der Waals surface area (Å²) in [6.45, 7) is 2.92. The molecular formula is C13H21ClN2O2. The molecule has 2 rings (SSSR count). The largest absolute Gasteiger partial charge is 0.497 e. The Bertz CT molecular complexity index is 387. The van der Waals surface area contributed by atoms with Gasteiger partial charge in [-0.15, -0.1) is 12.4 Å². The predicted octanol–water partition coefficient (Wildman–Crippen LogP) is 1.66. The molecule has 1 aromatic carbocycles. The molecule has 4 nitrogen and oxygen atoms in total. The molecule has 1 saturated heterocycles. The lowest BCUT2D eigenvalue weighted by Gasteiger charge is -2.17. The molecule has 1 aliphatic rings. The zero-order valence-electron chi connectivity index (χ0n) is 10.9. The highest BCUT2D eigenvalue weighted by molar-refractivity contribution is 5.85. The molecule has 1 fully saturated rings. The van der Waals surface area contributed by atoms with Crippen molar-refractivity contribution in [1.82, 2.24) is 4.90 Å². The Hall–Kier alpha value is -0.970. The SMILES string of the molecule is COc1ccc(CN2CCC(N)C2)c(OC)c1.Cl. The van der Waals surface area contributed by atoms with Gasteiger partial charge in [0, 0.05) is 37.3 Å². The third kappa shape index (κ3) is 3.51. The Labute approximate surface area is 114 Å². The molecule has 1 aromatic rings. The van der Waals surface area contributed by atoms with Gasteiger partial charge in [0.2, 0.25) is 0 Å². The number of methoxy groups -OCH3 is 2. The Morgan fingerprint density at radius 2 is 2.11 bits per heavy atom. The molecule has 1 atom stereocenters. The van der Waals surface area contributed by atoms with Crippen molar-refractivity contribution in [2.24, 2.45) is 5.73 Å². The van der Waals surface area contributed by atoms with Gasteiger partial charge in [-0.25, -0.2) is 0 Å². The monoisotopic (exact) mass is 272 g/mol. The van der Waals surface area contributed by atoms with Crippen molar-refractivity contribution in [3.05, 3.63) is 23.8 Å². The smallest absolute Gasteiger partial charge is 0.127 e. The van der Waals surface area contributed by atoms with E-state index in [4.69, 9.17) is 15.2 Å². The number of hydrogen-bond donors (Lipinski definition) is 1. The minimum atomic E-state index is 0. The normalized spacial score (nSPS) is 19.4. The molecule has 0 aromatic heterocycles. The first kappa shape index (κ1) is 15.1. The molecule has 0 bridgehead atoms. The van der Waals surface area contributed by atoms with Gasteiger partial charge < -0.3 is 15.2 Å². The highest BCUT2D eigenvalue weighted by atomic mass is 35.5. The van der Waals surface area contributed by atoms with Crippen LogP contribution in [0.2, 0.25) is 0 Å². The van der Waals surface area contributed by atoms with Crippen LogP contribution >= 0.6 is 12.4 Å². The molecule has 0 amide bonds. The number of rotatable bonds is 4. The molecule has 0 saturated carbocycles. The van der Waals surface area contributed by atoms with Gasteiger partial charge in [0.05, 0.1) is 14.2 Å². The maximum Gasteiger partial charge on any atom is 0.127 e. The highest BCUT2D eigenvalue weighted by Gasteiger charge is 2.20. The molecule has 0 spiro atoms. The van der Waals surface area contributed by atoms with Crippen LogP contribution in [0.15, 0.2) is 18.2 Å². The van der Waals surface area contributed by atoms with Gasteiger partial charge in [0.15, 0.2) is 0 Å². The van der Waals surface area contributed by atoms with E-state index in [9.17, 15) is 0 Å². The van der Waals surface area contributed by atoms with E-state index in [1.165, 1.54) is 5.56 Å². The second kappa shape index (κ2) is 6.83. The van der Waals surface area contributed by atoms with Gasteiger partial charge in [-0.2, -0.15) is 0 Å². The van der Waals surface area contributed by atoms with Gasteiger partial charge in [-0.3, -0.25) is 4.90 Å². The van der Waals surface area contributed by atoms with Crippen molar-refractivity contribution in [2.45, 2.75) is 19.0 Å². The minimum absolute atomic E-state index is 0. The van der Waals surface area contributed by atoms with Crippen LogP contribution in [0.3, 0.4) is 0 Å². The molecule has 0 radical (unpaired) electrons. The quantitative estimate of drug-likeness (QED) is 0.906. The van der Waals surface area contributed by atoms with Gasteiger partial charge in [-0.1, -0.05) is 6.07 Å². The van der Waals surface area contributed by atoms with Crippen molar-refractivity contribution in [2.75, 3.05) is 27.3 Å². The van der Waals surface area contributed by atoms with Gasteiger partial charge in [-0.05, 0) is 12.5 Å². The zero-order chi connectivity index (χ0) is 12.3. The summed E-state index contributed by atoms with van der Waals surface area (Å²) < 4.78 is 10.6. The van der Waals surface area contributed by atoms with Gasteiger partial charge >= 0.3 is 0 Å². The number of likely N-dealkylation sites (tertiary alicyclic amines) is 1. The average molecular weight is 273 g/mol. The van der Waals surface area contributed by atoms with Crippen LogP contribution in [0.25, 0.3) is 0 Å². The van der Waals surface area contributed by atoms with Crippen LogP contribution in [0.5, 0.6) is 11.5 Å².